The maximum absolute atomic E-state index is 10.6. The maximum Gasteiger partial charge on any atom is 0.238 e. The summed E-state index contributed by atoms with van der Waals surface area (Å²) in [5, 5.41) is 2.97. The van der Waals surface area contributed by atoms with Crippen LogP contribution in [0.25, 0.3) is 0 Å². The van der Waals surface area contributed by atoms with Gasteiger partial charge in [-0.15, -0.1) is 0 Å². The highest BCUT2D eigenvalue weighted by atomic mass is 16.1. The van der Waals surface area contributed by atoms with E-state index in [0.29, 0.717) is 13.0 Å². The average molecular weight is 129 g/mol. The van der Waals surface area contributed by atoms with E-state index in [1.165, 1.54) is 0 Å². The number of hydrogen-bond donors (Lipinski definition) is 3. The fourth-order valence-corrected chi connectivity index (χ4v) is 0.922. The van der Waals surface area contributed by atoms with E-state index < -0.39 is 11.4 Å². The van der Waals surface area contributed by atoms with E-state index in [-0.39, 0.29) is 0 Å². The quantitative estimate of drug-likeness (QED) is 0.389. The van der Waals surface area contributed by atoms with E-state index in [2.05, 4.69) is 5.32 Å². The summed E-state index contributed by atoms with van der Waals surface area (Å²) in [6.45, 7) is 1.31. The van der Waals surface area contributed by atoms with Gasteiger partial charge in [-0.1, -0.05) is 0 Å². The van der Waals surface area contributed by atoms with Crippen LogP contribution < -0.4 is 16.8 Å². The third-order valence-electron chi connectivity index (χ3n) is 1.68. The highest BCUT2D eigenvalue weighted by molar-refractivity contribution is 5.85. The lowest BCUT2D eigenvalue weighted by molar-refractivity contribution is -0.122. The summed E-state index contributed by atoms with van der Waals surface area (Å²) in [6, 6.07) is 0. The zero-order valence-electron chi connectivity index (χ0n) is 5.18. The van der Waals surface area contributed by atoms with E-state index >= 15 is 0 Å². The monoisotopic (exact) mass is 129 g/mol. The average Bonchev–Trinajstić information content (AvgIpc) is 2.16. The van der Waals surface area contributed by atoms with Crippen LogP contribution in [0, 0.1) is 0 Å². The Labute approximate surface area is 53.6 Å². The van der Waals surface area contributed by atoms with Crippen molar-refractivity contribution in [3.63, 3.8) is 0 Å². The van der Waals surface area contributed by atoms with Gasteiger partial charge >= 0.3 is 0 Å². The predicted octanol–water partition coefficient (Wildman–Crippen LogP) is -1.84. The summed E-state index contributed by atoms with van der Waals surface area (Å²) < 4.78 is 0. The second-order valence-electron chi connectivity index (χ2n) is 2.45. The lowest BCUT2D eigenvalue weighted by atomic mass is 10.0. The van der Waals surface area contributed by atoms with Crippen LogP contribution in [0.4, 0.5) is 0 Å². The molecule has 9 heavy (non-hydrogen) atoms. The number of carbonyl (C=O) groups excluding carboxylic acids is 1. The summed E-state index contributed by atoms with van der Waals surface area (Å²) in [5.74, 6) is -0.410. The van der Waals surface area contributed by atoms with Crippen LogP contribution in [0.5, 0.6) is 0 Å². The van der Waals surface area contributed by atoms with Crippen molar-refractivity contribution in [2.45, 2.75) is 12.0 Å². The molecule has 1 saturated heterocycles. The summed E-state index contributed by atoms with van der Waals surface area (Å²) in [6.07, 6.45) is 0.655. The molecule has 1 unspecified atom stereocenters. The molecule has 0 aliphatic carbocycles. The van der Waals surface area contributed by atoms with Crippen LogP contribution >= 0.6 is 0 Å². The molecule has 52 valence electrons. The summed E-state index contributed by atoms with van der Waals surface area (Å²) >= 11 is 0. The van der Waals surface area contributed by atoms with Gasteiger partial charge in [0.2, 0.25) is 5.91 Å². The van der Waals surface area contributed by atoms with Crippen molar-refractivity contribution in [3.8, 4) is 0 Å². The first-order valence-corrected chi connectivity index (χ1v) is 2.95. The topological polar surface area (TPSA) is 81.1 Å². The molecule has 4 nitrogen and oxygen atoms in total. The van der Waals surface area contributed by atoms with Gasteiger partial charge in [0.25, 0.3) is 0 Å². The Kier molecular flexibility index (Phi) is 1.42. The largest absolute Gasteiger partial charge is 0.368 e. The van der Waals surface area contributed by atoms with Gasteiger partial charge in [-0.3, -0.25) is 4.79 Å². The molecule has 4 heteroatoms. The molecule has 0 aromatic carbocycles. The van der Waals surface area contributed by atoms with Crippen molar-refractivity contribution in [2.75, 3.05) is 13.1 Å². The molecule has 1 amide bonds. The standard InChI is InChI=1S/C5H11N3O/c6-4(9)5(7)1-2-8-3-5/h8H,1-3,7H2,(H2,6,9). The molecule has 1 heterocycles. The first-order valence-electron chi connectivity index (χ1n) is 2.95. The molecule has 1 atom stereocenters. The van der Waals surface area contributed by atoms with Crippen LogP contribution in [-0.4, -0.2) is 24.5 Å². The van der Waals surface area contributed by atoms with Crippen LogP contribution in [0.15, 0.2) is 0 Å². The predicted molar refractivity (Wildman–Crippen MR) is 33.6 cm³/mol. The summed E-state index contributed by atoms with van der Waals surface area (Å²) in [7, 11) is 0. The van der Waals surface area contributed by atoms with Crippen molar-refractivity contribution in [1.82, 2.24) is 5.32 Å². The third-order valence-corrected chi connectivity index (χ3v) is 1.68. The Morgan fingerprint density at radius 2 is 2.33 bits per heavy atom. The van der Waals surface area contributed by atoms with Crippen molar-refractivity contribution in [1.29, 1.82) is 0 Å². The molecule has 1 aliphatic rings. The molecule has 0 bridgehead atoms. The van der Waals surface area contributed by atoms with E-state index in [4.69, 9.17) is 11.5 Å². The van der Waals surface area contributed by atoms with Gasteiger partial charge in [-0.2, -0.15) is 0 Å². The number of nitrogens with one attached hydrogen (secondary N) is 1. The van der Waals surface area contributed by atoms with Gasteiger partial charge in [0.05, 0.1) is 0 Å². The molecule has 0 saturated carbocycles. The fraction of sp³-hybridized carbons (Fsp3) is 0.800. The second kappa shape index (κ2) is 1.97. The molecule has 1 rings (SSSR count). The van der Waals surface area contributed by atoms with E-state index in [1.54, 1.807) is 0 Å². The van der Waals surface area contributed by atoms with E-state index in [0.717, 1.165) is 6.54 Å². The minimum Gasteiger partial charge on any atom is -0.368 e. The Morgan fingerprint density at radius 3 is 2.56 bits per heavy atom. The smallest absolute Gasteiger partial charge is 0.238 e. The molecule has 1 fully saturated rings. The van der Waals surface area contributed by atoms with Gasteiger partial charge in [0.1, 0.15) is 5.54 Å². The van der Waals surface area contributed by atoms with Crippen molar-refractivity contribution < 1.29 is 4.79 Å². The molecule has 0 aromatic rings. The molecule has 0 radical (unpaired) electrons. The Balaban J connectivity index is 2.61. The number of rotatable bonds is 1. The number of carbonyl (C=O) groups is 1. The van der Waals surface area contributed by atoms with Crippen molar-refractivity contribution in [2.24, 2.45) is 11.5 Å². The van der Waals surface area contributed by atoms with Crippen LogP contribution in [0.2, 0.25) is 0 Å². The number of nitrogens with two attached hydrogens (primary N) is 2. The van der Waals surface area contributed by atoms with Crippen molar-refractivity contribution in [3.05, 3.63) is 0 Å². The second-order valence-corrected chi connectivity index (χ2v) is 2.45. The highest BCUT2D eigenvalue weighted by Crippen LogP contribution is 2.08. The fourth-order valence-electron chi connectivity index (χ4n) is 0.922. The summed E-state index contributed by atoms with van der Waals surface area (Å²) in [4.78, 5) is 10.6. The van der Waals surface area contributed by atoms with Gasteiger partial charge in [-0.05, 0) is 13.0 Å². The Hall–Kier alpha value is -0.610. The molecular formula is C5H11N3O. The van der Waals surface area contributed by atoms with Crippen molar-refractivity contribution >= 4 is 5.91 Å². The van der Waals surface area contributed by atoms with Crippen LogP contribution in [-0.2, 0) is 4.79 Å². The minimum absolute atomic E-state index is 0.410. The molecule has 0 spiro atoms. The Bertz CT molecular complexity index is 128. The van der Waals surface area contributed by atoms with Gasteiger partial charge < -0.3 is 16.8 Å². The normalized spacial score (nSPS) is 34.8. The zero-order chi connectivity index (χ0) is 6.91. The highest BCUT2D eigenvalue weighted by Gasteiger charge is 2.34. The van der Waals surface area contributed by atoms with E-state index in [9.17, 15) is 4.79 Å². The molecule has 0 aromatic heterocycles. The first kappa shape index (κ1) is 6.51. The summed E-state index contributed by atoms with van der Waals surface area (Å²) in [5.41, 5.74) is 9.82. The van der Waals surface area contributed by atoms with Gasteiger partial charge in [0, 0.05) is 6.54 Å². The minimum atomic E-state index is -0.778. The van der Waals surface area contributed by atoms with Crippen LogP contribution in [0.3, 0.4) is 0 Å². The van der Waals surface area contributed by atoms with Crippen LogP contribution in [0.1, 0.15) is 6.42 Å². The van der Waals surface area contributed by atoms with Gasteiger partial charge in [-0.25, -0.2) is 0 Å². The van der Waals surface area contributed by atoms with Gasteiger partial charge in [0.15, 0.2) is 0 Å². The lowest BCUT2D eigenvalue weighted by Gasteiger charge is -2.16. The lowest BCUT2D eigenvalue weighted by Crippen LogP contribution is -2.53. The third kappa shape index (κ3) is 1.04. The number of amides is 1. The molecule has 1 aliphatic heterocycles. The number of primary amides is 1. The number of hydrogen-bond acceptors (Lipinski definition) is 3. The SMILES string of the molecule is NC(=O)C1(N)CCNC1. The first-order chi connectivity index (χ1) is 4.15. The molecule has 5 N–H and O–H groups in total. The maximum atomic E-state index is 10.6. The molecular weight excluding hydrogens is 118 g/mol. The van der Waals surface area contributed by atoms with E-state index in [1.807, 2.05) is 0 Å². The zero-order valence-corrected chi connectivity index (χ0v) is 5.18. The Morgan fingerprint density at radius 1 is 1.67 bits per heavy atom.